The third-order valence-electron chi connectivity index (χ3n) is 4.08. The van der Waals surface area contributed by atoms with E-state index in [2.05, 4.69) is 0 Å². The molecule has 0 aliphatic rings. The van der Waals surface area contributed by atoms with Gasteiger partial charge in [0.05, 0.1) is 0 Å². The normalized spacial score (nSPS) is 12.3. The molecule has 0 radical (unpaired) electrons. The van der Waals surface area contributed by atoms with Gasteiger partial charge in [0.1, 0.15) is 11.5 Å². The SMILES string of the molecule is Cc1cccc(OP(=O)([O-])Oc2ccc(CCC(=O)c3ccccc3)cc2)c1.[Na+]. The minimum absolute atomic E-state index is 0. The molecule has 0 amide bonds. The number of Topliss-reactive ketones (excluding diaryl/α,β-unsaturated/α-hetero) is 1. The van der Waals surface area contributed by atoms with Crippen LogP contribution in [0.25, 0.3) is 0 Å². The second kappa shape index (κ2) is 10.8. The van der Waals surface area contributed by atoms with Crippen molar-refractivity contribution in [3.05, 3.63) is 95.6 Å². The first-order valence-electron chi connectivity index (χ1n) is 8.85. The molecule has 0 N–H and O–H groups in total. The van der Waals surface area contributed by atoms with E-state index in [1.807, 2.05) is 31.2 Å². The van der Waals surface area contributed by atoms with Gasteiger partial charge in [-0.2, -0.15) is 0 Å². The van der Waals surface area contributed by atoms with Crippen LogP contribution < -0.4 is 43.5 Å². The molecule has 3 aromatic rings. The summed E-state index contributed by atoms with van der Waals surface area (Å²) in [4.78, 5) is 24.2. The molecule has 3 rings (SSSR count). The van der Waals surface area contributed by atoms with Gasteiger partial charge < -0.3 is 13.9 Å². The average molecular weight is 418 g/mol. The maximum Gasteiger partial charge on any atom is 1.00 e. The topological polar surface area (TPSA) is 75.7 Å². The summed E-state index contributed by atoms with van der Waals surface area (Å²) in [5.74, 6) is 0.426. The predicted octanol–water partition coefficient (Wildman–Crippen LogP) is 1.74. The molecule has 0 spiro atoms. The van der Waals surface area contributed by atoms with Crippen molar-refractivity contribution in [2.24, 2.45) is 0 Å². The molecule has 0 aliphatic carbocycles. The van der Waals surface area contributed by atoms with Crippen LogP contribution in [0, 0.1) is 6.92 Å². The minimum Gasteiger partial charge on any atom is -0.736 e. The van der Waals surface area contributed by atoms with Gasteiger partial charge in [-0.15, -0.1) is 0 Å². The number of aryl methyl sites for hydroxylation is 2. The number of hydrogen-bond acceptors (Lipinski definition) is 5. The molecule has 3 aromatic carbocycles. The molecule has 0 saturated carbocycles. The fraction of sp³-hybridized carbons (Fsp3) is 0.136. The van der Waals surface area contributed by atoms with E-state index in [0.717, 1.165) is 11.1 Å². The monoisotopic (exact) mass is 418 g/mol. The standard InChI is InChI=1S/C22H21O5P.Na/c1-17-6-5-9-21(16-17)27-28(24,25)26-20-13-10-18(11-14-20)12-15-22(23)19-7-3-2-4-8-19;/h2-11,13-14,16H,12,15H2,1H3,(H,24,25);/q;+1/p-1. The zero-order valence-corrected chi connectivity index (χ0v) is 19.3. The van der Waals surface area contributed by atoms with E-state index in [1.165, 1.54) is 0 Å². The van der Waals surface area contributed by atoms with Crippen molar-refractivity contribution in [2.45, 2.75) is 19.8 Å². The number of benzene rings is 3. The van der Waals surface area contributed by atoms with Crippen LogP contribution in [0.1, 0.15) is 27.9 Å². The van der Waals surface area contributed by atoms with Crippen LogP contribution >= 0.6 is 7.82 Å². The van der Waals surface area contributed by atoms with E-state index in [0.29, 0.717) is 18.4 Å². The number of hydrogen-bond donors (Lipinski definition) is 0. The van der Waals surface area contributed by atoms with E-state index in [9.17, 15) is 14.3 Å². The fourth-order valence-corrected chi connectivity index (χ4v) is 3.48. The summed E-state index contributed by atoms with van der Waals surface area (Å²) in [6.45, 7) is 1.84. The van der Waals surface area contributed by atoms with Crippen molar-refractivity contribution in [1.29, 1.82) is 0 Å². The van der Waals surface area contributed by atoms with Crippen molar-refractivity contribution < 1.29 is 52.9 Å². The molecule has 1 unspecified atom stereocenters. The molecule has 144 valence electrons. The zero-order valence-electron chi connectivity index (χ0n) is 16.4. The molecular formula is C22H20NaO5P. The number of ketones is 1. The van der Waals surface area contributed by atoms with Crippen LogP contribution in [-0.4, -0.2) is 5.78 Å². The Balaban J connectivity index is 0.00000300. The number of carbonyl (C=O) groups excluding carboxylic acids is 1. The number of phosphoric acid groups is 1. The summed E-state index contributed by atoms with van der Waals surface area (Å²) >= 11 is 0. The number of rotatable bonds is 8. The zero-order chi connectivity index (χ0) is 20.0. The second-order valence-corrected chi connectivity index (χ2v) is 7.64. The number of carbonyl (C=O) groups is 1. The van der Waals surface area contributed by atoms with Gasteiger partial charge in [0.2, 0.25) is 0 Å². The summed E-state index contributed by atoms with van der Waals surface area (Å²) in [6, 6.07) is 22.4. The Morgan fingerprint density at radius 2 is 1.55 bits per heavy atom. The first kappa shape index (κ1) is 23.4. The van der Waals surface area contributed by atoms with Crippen LogP contribution in [0.4, 0.5) is 0 Å². The quantitative estimate of drug-likeness (QED) is 0.317. The largest absolute Gasteiger partial charge is 1.00 e. The Morgan fingerprint density at radius 1 is 0.897 bits per heavy atom. The van der Waals surface area contributed by atoms with Gasteiger partial charge in [-0.1, -0.05) is 54.6 Å². The van der Waals surface area contributed by atoms with Crippen molar-refractivity contribution in [2.75, 3.05) is 0 Å². The Morgan fingerprint density at radius 3 is 2.21 bits per heavy atom. The van der Waals surface area contributed by atoms with Gasteiger partial charge in [-0.25, -0.2) is 4.57 Å². The van der Waals surface area contributed by atoms with Crippen LogP contribution in [0.3, 0.4) is 0 Å². The Labute approximate surface area is 192 Å². The maximum atomic E-state index is 12.2. The van der Waals surface area contributed by atoms with Gasteiger partial charge in [0, 0.05) is 12.0 Å². The molecule has 0 fully saturated rings. The first-order chi connectivity index (χ1) is 13.4. The van der Waals surface area contributed by atoms with Gasteiger partial charge in [-0.3, -0.25) is 4.79 Å². The Kier molecular flexibility index (Phi) is 8.69. The van der Waals surface area contributed by atoms with Crippen molar-refractivity contribution in [1.82, 2.24) is 0 Å². The summed E-state index contributed by atoms with van der Waals surface area (Å²) in [6.07, 6.45) is 0.934. The van der Waals surface area contributed by atoms with E-state index in [1.54, 1.807) is 54.6 Å². The van der Waals surface area contributed by atoms with Gasteiger partial charge in [0.25, 0.3) is 0 Å². The summed E-state index contributed by atoms with van der Waals surface area (Å²) in [5, 5.41) is 0. The molecule has 5 nitrogen and oxygen atoms in total. The third kappa shape index (κ3) is 7.46. The van der Waals surface area contributed by atoms with Crippen LogP contribution in [0.2, 0.25) is 0 Å². The van der Waals surface area contributed by atoms with Crippen LogP contribution in [0.5, 0.6) is 11.5 Å². The number of phosphoric ester groups is 1. The molecule has 0 saturated heterocycles. The molecule has 0 aromatic heterocycles. The Bertz CT molecular complexity index is 990. The van der Waals surface area contributed by atoms with E-state index >= 15 is 0 Å². The molecule has 0 heterocycles. The summed E-state index contributed by atoms with van der Waals surface area (Å²) in [5.41, 5.74) is 2.48. The van der Waals surface area contributed by atoms with Crippen molar-refractivity contribution in [3.8, 4) is 11.5 Å². The fourth-order valence-electron chi connectivity index (χ4n) is 2.69. The summed E-state index contributed by atoms with van der Waals surface area (Å²) < 4.78 is 22.1. The molecule has 7 heteroatoms. The van der Waals surface area contributed by atoms with Crippen molar-refractivity contribution >= 4 is 13.6 Å². The minimum atomic E-state index is -4.55. The van der Waals surface area contributed by atoms with Crippen molar-refractivity contribution in [3.63, 3.8) is 0 Å². The Hall–Kier alpha value is -1.88. The van der Waals surface area contributed by atoms with Crippen LogP contribution in [-0.2, 0) is 11.0 Å². The van der Waals surface area contributed by atoms with E-state index in [-0.39, 0.29) is 46.8 Å². The second-order valence-electron chi connectivity index (χ2n) is 6.38. The molecule has 0 aliphatic heterocycles. The average Bonchev–Trinajstić information content (AvgIpc) is 2.67. The van der Waals surface area contributed by atoms with Gasteiger partial charge >= 0.3 is 37.4 Å². The summed E-state index contributed by atoms with van der Waals surface area (Å²) in [7, 11) is -4.55. The molecule has 29 heavy (non-hydrogen) atoms. The predicted molar refractivity (Wildman–Crippen MR) is 106 cm³/mol. The third-order valence-corrected chi connectivity index (χ3v) is 4.95. The molecule has 0 bridgehead atoms. The van der Waals surface area contributed by atoms with Gasteiger partial charge in [0.15, 0.2) is 5.78 Å². The van der Waals surface area contributed by atoms with Crippen LogP contribution in [0.15, 0.2) is 78.9 Å². The van der Waals surface area contributed by atoms with Gasteiger partial charge in [-0.05, 0) is 48.7 Å². The van der Waals surface area contributed by atoms with E-state index < -0.39 is 7.82 Å². The first-order valence-corrected chi connectivity index (χ1v) is 10.3. The molecular weight excluding hydrogens is 398 g/mol. The maximum absolute atomic E-state index is 12.2. The smallest absolute Gasteiger partial charge is 0.736 e. The molecule has 1 atom stereocenters. The van der Waals surface area contributed by atoms with E-state index in [4.69, 9.17) is 9.05 Å².